The van der Waals surface area contributed by atoms with Gasteiger partial charge in [-0.15, -0.1) is 11.3 Å². The zero-order chi connectivity index (χ0) is 18.0. The third-order valence-electron chi connectivity index (χ3n) is 3.93. The van der Waals surface area contributed by atoms with Crippen LogP contribution in [0.1, 0.15) is 22.2 Å². The number of thiophene rings is 1. The Labute approximate surface area is 152 Å². The van der Waals surface area contributed by atoms with Crippen LogP contribution in [0.5, 0.6) is 0 Å². The molecule has 0 saturated heterocycles. The zero-order valence-electron chi connectivity index (χ0n) is 14.9. The molecule has 0 spiro atoms. The van der Waals surface area contributed by atoms with E-state index in [1.165, 1.54) is 16.9 Å². The minimum Gasteiger partial charge on any atom is -0.377 e. The molecule has 0 aliphatic heterocycles. The van der Waals surface area contributed by atoms with Crippen LogP contribution in [-0.2, 0) is 0 Å². The number of pyridine rings is 1. The van der Waals surface area contributed by atoms with Gasteiger partial charge < -0.3 is 4.90 Å². The fraction of sp³-hybridized carbons (Fsp3) is 0.200. The summed E-state index contributed by atoms with van der Waals surface area (Å²) in [5.41, 5.74) is 3.08. The molecule has 0 unspecified atom stereocenters. The molecule has 0 atom stereocenters. The number of hydrogen-bond acceptors (Lipinski definition) is 4. The summed E-state index contributed by atoms with van der Waals surface area (Å²) in [7, 11) is 3.98. The number of amides is 1. The van der Waals surface area contributed by atoms with Crippen molar-refractivity contribution < 1.29 is 4.79 Å². The van der Waals surface area contributed by atoms with Crippen molar-refractivity contribution >= 4 is 38.8 Å². The number of rotatable bonds is 4. The van der Waals surface area contributed by atoms with Gasteiger partial charge in [-0.3, -0.25) is 9.69 Å². The summed E-state index contributed by atoms with van der Waals surface area (Å²) in [5, 5.41) is 1.00. The fourth-order valence-corrected chi connectivity index (χ4v) is 3.62. The number of hydrogen-bond donors (Lipinski definition) is 0. The number of anilines is 2. The van der Waals surface area contributed by atoms with Crippen molar-refractivity contribution in [3.8, 4) is 0 Å². The van der Waals surface area contributed by atoms with Gasteiger partial charge in [0.05, 0.1) is 4.88 Å². The Bertz CT molecular complexity index is 926. The number of carbonyl (C=O) groups excluding carboxylic acids is 1. The second-order valence-corrected chi connectivity index (χ2v) is 7.08. The molecule has 0 saturated carbocycles. The molecule has 0 N–H and O–H groups in total. The summed E-state index contributed by atoms with van der Waals surface area (Å²) in [4.78, 5) is 22.8. The number of aryl methyl sites for hydroxylation is 1. The maximum absolute atomic E-state index is 13.1. The van der Waals surface area contributed by atoms with E-state index in [1.54, 1.807) is 17.3 Å². The highest BCUT2D eigenvalue weighted by Gasteiger charge is 2.19. The standard InChI is InChI=1S/C20H21N3OS/c1-5-12-23(15-8-6-14(2)7-9-15)20(24)18-13-16-17(22(3)4)10-11-21-19(16)25-18/h5-13H,1-4H3/b12-5-. The molecule has 0 fully saturated rings. The van der Waals surface area contributed by atoms with Crippen molar-refractivity contribution in [2.75, 3.05) is 23.9 Å². The maximum Gasteiger partial charge on any atom is 0.272 e. The topological polar surface area (TPSA) is 36.4 Å². The van der Waals surface area contributed by atoms with E-state index in [2.05, 4.69) is 4.98 Å². The molecule has 128 valence electrons. The molecule has 1 aromatic carbocycles. The third-order valence-corrected chi connectivity index (χ3v) is 4.97. The molecule has 4 nitrogen and oxygen atoms in total. The van der Waals surface area contributed by atoms with Gasteiger partial charge in [-0.05, 0) is 38.1 Å². The Hall–Kier alpha value is -2.66. The molecule has 3 rings (SSSR count). The van der Waals surface area contributed by atoms with E-state index in [1.807, 2.05) is 75.3 Å². The van der Waals surface area contributed by atoms with Crippen LogP contribution in [0.15, 0.2) is 54.9 Å². The Balaban J connectivity index is 2.04. The van der Waals surface area contributed by atoms with Crippen LogP contribution in [0.3, 0.4) is 0 Å². The van der Waals surface area contributed by atoms with Gasteiger partial charge in [-0.1, -0.05) is 23.8 Å². The molecular weight excluding hydrogens is 330 g/mol. The van der Waals surface area contributed by atoms with Gasteiger partial charge in [0.25, 0.3) is 5.91 Å². The van der Waals surface area contributed by atoms with Gasteiger partial charge in [0.2, 0.25) is 0 Å². The lowest BCUT2D eigenvalue weighted by Crippen LogP contribution is -2.24. The normalized spacial score (nSPS) is 11.2. The number of allylic oxidation sites excluding steroid dienone is 1. The first-order valence-corrected chi connectivity index (χ1v) is 8.92. The lowest BCUT2D eigenvalue weighted by molar-refractivity contribution is 0.100. The van der Waals surface area contributed by atoms with Crippen LogP contribution in [-0.4, -0.2) is 25.0 Å². The number of fused-ring (bicyclic) bond motifs is 1. The molecule has 0 aliphatic rings. The predicted molar refractivity (Wildman–Crippen MR) is 107 cm³/mol. The van der Waals surface area contributed by atoms with Crippen molar-refractivity contribution in [1.29, 1.82) is 0 Å². The monoisotopic (exact) mass is 351 g/mol. The van der Waals surface area contributed by atoms with Crippen LogP contribution in [0.2, 0.25) is 0 Å². The second kappa shape index (κ2) is 7.07. The molecule has 0 radical (unpaired) electrons. The molecule has 2 aromatic heterocycles. The van der Waals surface area contributed by atoms with Crippen molar-refractivity contribution in [1.82, 2.24) is 4.98 Å². The molecule has 25 heavy (non-hydrogen) atoms. The van der Waals surface area contributed by atoms with Crippen LogP contribution in [0.25, 0.3) is 10.2 Å². The highest BCUT2D eigenvalue weighted by atomic mass is 32.1. The van der Waals surface area contributed by atoms with E-state index in [0.717, 1.165) is 21.6 Å². The van der Waals surface area contributed by atoms with E-state index in [4.69, 9.17) is 0 Å². The average Bonchev–Trinajstić information content (AvgIpc) is 3.04. The average molecular weight is 351 g/mol. The summed E-state index contributed by atoms with van der Waals surface area (Å²) in [6.07, 6.45) is 5.46. The van der Waals surface area contributed by atoms with Crippen molar-refractivity contribution in [2.45, 2.75) is 13.8 Å². The summed E-state index contributed by atoms with van der Waals surface area (Å²) in [6, 6.07) is 11.8. The lowest BCUT2D eigenvalue weighted by atomic mass is 10.2. The first-order chi connectivity index (χ1) is 12.0. The Morgan fingerprint density at radius 1 is 1.16 bits per heavy atom. The number of nitrogens with zero attached hydrogens (tertiary/aromatic N) is 3. The van der Waals surface area contributed by atoms with Gasteiger partial charge in [-0.2, -0.15) is 0 Å². The summed E-state index contributed by atoms with van der Waals surface area (Å²) in [6.45, 7) is 3.94. The van der Waals surface area contributed by atoms with Gasteiger partial charge >= 0.3 is 0 Å². The van der Waals surface area contributed by atoms with Gasteiger partial charge in [-0.25, -0.2) is 4.98 Å². The molecule has 3 aromatic rings. The maximum atomic E-state index is 13.1. The Morgan fingerprint density at radius 3 is 2.52 bits per heavy atom. The minimum absolute atomic E-state index is 0.0466. The quantitative estimate of drug-likeness (QED) is 0.674. The van der Waals surface area contributed by atoms with Crippen LogP contribution in [0.4, 0.5) is 11.4 Å². The van der Waals surface area contributed by atoms with E-state index in [-0.39, 0.29) is 5.91 Å². The van der Waals surface area contributed by atoms with Gasteiger partial charge in [0.15, 0.2) is 0 Å². The SMILES string of the molecule is C/C=C\N(C(=O)c1cc2c(N(C)C)ccnc2s1)c1ccc(C)cc1. The highest BCUT2D eigenvalue weighted by Crippen LogP contribution is 2.32. The van der Waals surface area contributed by atoms with Crippen molar-refractivity contribution in [3.63, 3.8) is 0 Å². The Kier molecular flexibility index (Phi) is 4.86. The van der Waals surface area contributed by atoms with Crippen LogP contribution < -0.4 is 9.80 Å². The first kappa shape index (κ1) is 17.2. The first-order valence-electron chi connectivity index (χ1n) is 8.10. The molecule has 2 heterocycles. The van der Waals surface area contributed by atoms with E-state index in [9.17, 15) is 4.79 Å². The van der Waals surface area contributed by atoms with Crippen molar-refractivity contribution in [3.05, 3.63) is 65.3 Å². The Morgan fingerprint density at radius 2 is 1.88 bits per heavy atom. The summed E-state index contributed by atoms with van der Waals surface area (Å²) >= 11 is 1.43. The summed E-state index contributed by atoms with van der Waals surface area (Å²) < 4.78 is 0. The zero-order valence-corrected chi connectivity index (χ0v) is 15.7. The fourth-order valence-electron chi connectivity index (χ4n) is 2.67. The van der Waals surface area contributed by atoms with Gasteiger partial charge in [0.1, 0.15) is 4.83 Å². The predicted octanol–water partition coefficient (Wildman–Crippen LogP) is 4.85. The number of carbonyl (C=O) groups is 1. The molecule has 5 heteroatoms. The van der Waals surface area contributed by atoms with Crippen LogP contribution in [0, 0.1) is 6.92 Å². The van der Waals surface area contributed by atoms with Crippen molar-refractivity contribution in [2.24, 2.45) is 0 Å². The van der Waals surface area contributed by atoms with E-state index < -0.39 is 0 Å². The highest BCUT2D eigenvalue weighted by molar-refractivity contribution is 7.20. The molecule has 0 aliphatic carbocycles. The smallest absolute Gasteiger partial charge is 0.272 e. The van der Waals surface area contributed by atoms with Gasteiger partial charge in [0, 0.05) is 43.3 Å². The van der Waals surface area contributed by atoms with Crippen LogP contribution >= 0.6 is 11.3 Å². The molecule has 1 amide bonds. The van der Waals surface area contributed by atoms with E-state index >= 15 is 0 Å². The number of aromatic nitrogens is 1. The third kappa shape index (κ3) is 3.42. The second-order valence-electron chi connectivity index (χ2n) is 6.05. The lowest BCUT2D eigenvalue weighted by Gasteiger charge is -2.18. The number of benzene rings is 1. The minimum atomic E-state index is -0.0466. The molecular formula is C20H21N3OS. The molecule has 0 bridgehead atoms. The summed E-state index contributed by atoms with van der Waals surface area (Å²) in [5.74, 6) is -0.0466. The van der Waals surface area contributed by atoms with E-state index in [0.29, 0.717) is 4.88 Å². The largest absolute Gasteiger partial charge is 0.377 e.